The van der Waals surface area contributed by atoms with Gasteiger partial charge in [-0.1, -0.05) is 13.8 Å². The van der Waals surface area contributed by atoms with Crippen molar-refractivity contribution in [2.75, 3.05) is 26.2 Å². The predicted molar refractivity (Wildman–Crippen MR) is 67.8 cm³/mol. The topological polar surface area (TPSA) is 32.3 Å². The molecule has 1 N–H and O–H groups in total. The Hall–Kier alpha value is -0.280. The molecule has 1 amide bonds. The minimum absolute atomic E-state index is 0. The zero-order chi connectivity index (χ0) is 10.9. The molecule has 0 saturated carbocycles. The predicted octanol–water partition coefficient (Wildman–Crippen LogP) is 1.67. The Balaban J connectivity index is 0.00000128. The zero-order valence-corrected chi connectivity index (χ0v) is 11.1. The number of amides is 1. The third-order valence-electron chi connectivity index (χ3n) is 3.64. The molecule has 0 unspecified atom stereocenters. The number of likely N-dealkylation sites (tertiary alicyclic amines) is 1. The molecular formula is C12H23ClN2O. The summed E-state index contributed by atoms with van der Waals surface area (Å²) >= 11 is 0. The van der Waals surface area contributed by atoms with Crippen molar-refractivity contribution in [3.8, 4) is 0 Å². The van der Waals surface area contributed by atoms with E-state index in [0.717, 1.165) is 45.4 Å². The maximum Gasteiger partial charge on any atom is 0.226 e. The highest BCUT2D eigenvalue weighted by Gasteiger charge is 2.35. The SMILES string of the molecule is CC1(C)CCN(C(=O)[C@@H]2CCCNC2)C1.Cl. The van der Waals surface area contributed by atoms with Crippen LogP contribution in [0.1, 0.15) is 33.1 Å². The van der Waals surface area contributed by atoms with E-state index in [1.807, 2.05) is 0 Å². The number of piperidine rings is 1. The van der Waals surface area contributed by atoms with E-state index in [1.54, 1.807) is 0 Å². The summed E-state index contributed by atoms with van der Waals surface area (Å²) in [4.78, 5) is 14.2. The first kappa shape index (κ1) is 13.8. The number of nitrogens with zero attached hydrogens (tertiary/aromatic N) is 1. The van der Waals surface area contributed by atoms with Gasteiger partial charge in [0.15, 0.2) is 0 Å². The van der Waals surface area contributed by atoms with E-state index in [1.165, 1.54) is 0 Å². The molecule has 0 aromatic heterocycles. The average Bonchev–Trinajstić information content (AvgIpc) is 2.59. The van der Waals surface area contributed by atoms with Gasteiger partial charge < -0.3 is 10.2 Å². The molecule has 2 heterocycles. The Bertz CT molecular complexity index is 249. The molecule has 2 saturated heterocycles. The lowest BCUT2D eigenvalue weighted by Gasteiger charge is -2.27. The molecule has 3 nitrogen and oxygen atoms in total. The minimum atomic E-state index is 0. The summed E-state index contributed by atoms with van der Waals surface area (Å²) in [5, 5.41) is 3.31. The maximum atomic E-state index is 12.2. The van der Waals surface area contributed by atoms with Gasteiger partial charge in [-0.3, -0.25) is 4.79 Å². The molecule has 2 aliphatic rings. The Morgan fingerprint density at radius 1 is 1.44 bits per heavy atom. The van der Waals surface area contributed by atoms with Crippen molar-refractivity contribution in [3.63, 3.8) is 0 Å². The number of carbonyl (C=O) groups excluding carboxylic acids is 1. The molecule has 94 valence electrons. The van der Waals surface area contributed by atoms with E-state index in [4.69, 9.17) is 0 Å². The third kappa shape index (κ3) is 3.11. The van der Waals surface area contributed by atoms with Crippen LogP contribution in [0, 0.1) is 11.3 Å². The van der Waals surface area contributed by atoms with Gasteiger partial charge in [-0.05, 0) is 31.2 Å². The van der Waals surface area contributed by atoms with Crippen LogP contribution in [-0.4, -0.2) is 37.0 Å². The van der Waals surface area contributed by atoms with Crippen LogP contribution in [0.25, 0.3) is 0 Å². The van der Waals surface area contributed by atoms with E-state index in [9.17, 15) is 4.79 Å². The van der Waals surface area contributed by atoms with Crippen LogP contribution in [0.2, 0.25) is 0 Å². The molecular weight excluding hydrogens is 224 g/mol. The van der Waals surface area contributed by atoms with E-state index >= 15 is 0 Å². The lowest BCUT2D eigenvalue weighted by Crippen LogP contribution is -2.42. The molecule has 2 rings (SSSR count). The minimum Gasteiger partial charge on any atom is -0.342 e. The summed E-state index contributed by atoms with van der Waals surface area (Å²) in [6, 6.07) is 0. The van der Waals surface area contributed by atoms with Gasteiger partial charge in [0.1, 0.15) is 0 Å². The molecule has 2 aliphatic heterocycles. The molecule has 16 heavy (non-hydrogen) atoms. The average molecular weight is 247 g/mol. The molecule has 0 aliphatic carbocycles. The van der Waals surface area contributed by atoms with Gasteiger partial charge in [0.2, 0.25) is 5.91 Å². The largest absolute Gasteiger partial charge is 0.342 e. The first-order chi connectivity index (χ1) is 7.08. The van der Waals surface area contributed by atoms with Crippen molar-refractivity contribution >= 4 is 18.3 Å². The van der Waals surface area contributed by atoms with Crippen LogP contribution in [0.15, 0.2) is 0 Å². The van der Waals surface area contributed by atoms with E-state index in [0.29, 0.717) is 11.3 Å². The second kappa shape index (κ2) is 5.37. The van der Waals surface area contributed by atoms with Gasteiger partial charge in [-0.15, -0.1) is 12.4 Å². The normalized spacial score (nSPS) is 28.6. The third-order valence-corrected chi connectivity index (χ3v) is 3.64. The fourth-order valence-corrected chi connectivity index (χ4v) is 2.62. The Morgan fingerprint density at radius 2 is 2.19 bits per heavy atom. The summed E-state index contributed by atoms with van der Waals surface area (Å²) < 4.78 is 0. The number of halogens is 1. The van der Waals surface area contributed by atoms with E-state index in [2.05, 4.69) is 24.1 Å². The van der Waals surface area contributed by atoms with Crippen LogP contribution in [0.4, 0.5) is 0 Å². The van der Waals surface area contributed by atoms with Gasteiger partial charge in [-0.2, -0.15) is 0 Å². The van der Waals surface area contributed by atoms with Crippen molar-refractivity contribution in [3.05, 3.63) is 0 Å². The van der Waals surface area contributed by atoms with E-state index < -0.39 is 0 Å². The second-order valence-corrected chi connectivity index (χ2v) is 5.72. The van der Waals surface area contributed by atoms with Crippen molar-refractivity contribution in [1.29, 1.82) is 0 Å². The molecule has 2 fully saturated rings. The molecule has 0 spiro atoms. The number of hydrogen-bond acceptors (Lipinski definition) is 2. The molecule has 0 bridgehead atoms. The first-order valence-electron chi connectivity index (χ1n) is 6.08. The number of nitrogens with one attached hydrogen (secondary N) is 1. The van der Waals surface area contributed by atoms with Gasteiger partial charge in [-0.25, -0.2) is 0 Å². The standard InChI is InChI=1S/C12H22N2O.ClH/c1-12(2)5-7-14(9-12)11(15)10-4-3-6-13-8-10;/h10,13H,3-9H2,1-2H3;1H/t10-;/m1./s1. The summed E-state index contributed by atoms with van der Waals surface area (Å²) in [6.45, 7) is 8.37. The summed E-state index contributed by atoms with van der Waals surface area (Å²) in [7, 11) is 0. The monoisotopic (exact) mass is 246 g/mol. The molecule has 1 atom stereocenters. The molecule has 0 aromatic rings. The van der Waals surface area contributed by atoms with E-state index in [-0.39, 0.29) is 18.3 Å². The van der Waals surface area contributed by atoms with Crippen LogP contribution in [0.5, 0.6) is 0 Å². The quantitative estimate of drug-likeness (QED) is 0.764. The smallest absolute Gasteiger partial charge is 0.226 e. The Kier molecular flexibility index (Phi) is 4.62. The summed E-state index contributed by atoms with van der Waals surface area (Å²) in [6.07, 6.45) is 3.37. The van der Waals surface area contributed by atoms with Crippen LogP contribution in [0.3, 0.4) is 0 Å². The lowest BCUT2D eigenvalue weighted by molar-refractivity contribution is -0.135. The van der Waals surface area contributed by atoms with Crippen LogP contribution < -0.4 is 5.32 Å². The van der Waals surface area contributed by atoms with Crippen molar-refractivity contribution < 1.29 is 4.79 Å². The molecule has 0 aromatic carbocycles. The van der Waals surface area contributed by atoms with Gasteiger partial charge in [0.05, 0.1) is 5.92 Å². The number of carbonyl (C=O) groups is 1. The zero-order valence-electron chi connectivity index (χ0n) is 10.3. The highest BCUT2D eigenvalue weighted by molar-refractivity contribution is 5.85. The highest BCUT2D eigenvalue weighted by Crippen LogP contribution is 2.30. The van der Waals surface area contributed by atoms with Gasteiger partial charge >= 0.3 is 0 Å². The Labute approximate surface area is 104 Å². The van der Waals surface area contributed by atoms with Crippen molar-refractivity contribution in [2.45, 2.75) is 33.1 Å². The van der Waals surface area contributed by atoms with Gasteiger partial charge in [0, 0.05) is 19.6 Å². The summed E-state index contributed by atoms with van der Waals surface area (Å²) in [5.41, 5.74) is 0.331. The number of hydrogen-bond donors (Lipinski definition) is 1. The van der Waals surface area contributed by atoms with Gasteiger partial charge in [0.25, 0.3) is 0 Å². The first-order valence-corrected chi connectivity index (χ1v) is 6.08. The van der Waals surface area contributed by atoms with Crippen molar-refractivity contribution in [1.82, 2.24) is 10.2 Å². The molecule has 0 radical (unpaired) electrons. The highest BCUT2D eigenvalue weighted by atomic mass is 35.5. The maximum absolute atomic E-state index is 12.2. The fraction of sp³-hybridized carbons (Fsp3) is 0.917. The summed E-state index contributed by atoms with van der Waals surface area (Å²) in [5.74, 6) is 0.625. The Morgan fingerprint density at radius 3 is 2.69 bits per heavy atom. The lowest BCUT2D eigenvalue weighted by atomic mass is 9.93. The van der Waals surface area contributed by atoms with Crippen LogP contribution in [-0.2, 0) is 4.79 Å². The van der Waals surface area contributed by atoms with Crippen LogP contribution >= 0.6 is 12.4 Å². The second-order valence-electron chi connectivity index (χ2n) is 5.72. The molecule has 4 heteroatoms. The van der Waals surface area contributed by atoms with Crippen molar-refractivity contribution in [2.24, 2.45) is 11.3 Å². The number of rotatable bonds is 1. The fourth-order valence-electron chi connectivity index (χ4n) is 2.62.